The van der Waals surface area contributed by atoms with E-state index in [2.05, 4.69) is 5.32 Å². The van der Waals surface area contributed by atoms with E-state index >= 15 is 0 Å². The molecule has 0 saturated heterocycles. The van der Waals surface area contributed by atoms with Crippen LogP contribution in [0.5, 0.6) is 5.75 Å². The minimum atomic E-state index is -4.16. The summed E-state index contributed by atoms with van der Waals surface area (Å²) in [4.78, 5) is 28.4. The number of nitrogens with zero attached hydrogens (tertiary/aromatic N) is 2. The second-order valence-corrected chi connectivity index (χ2v) is 12.3. The van der Waals surface area contributed by atoms with Crippen LogP contribution >= 0.6 is 11.6 Å². The Morgan fingerprint density at radius 2 is 1.62 bits per heavy atom. The van der Waals surface area contributed by atoms with E-state index in [1.165, 1.54) is 29.2 Å². The Labute approximate surface area is 241 Å². The van der Waals surface area contributed by atoms with Crippen molar-refractivity contribution in [3.63, 3.8) is 0 Å². The number of hydrogen-bond acceptors (Lipinski definition) is 5. The van der Waals surface area contributed by atoms with Gasteiger partial charge in [-0.15, -0.1) is 0 Å². The van der Waals surface area contributed by atoms with Gasteiger partial charge in [0.05, 0.1) is 17.7 Å². The Balaban J connectivity index is 2.01. The molecule has 10 heteroatoms. The van der Waals surface area contributed by atoms with Crippen molar-refractivity contribution in [1.82, 2.24) is 10.2 Å². The van der Waals surface area contributed by atoms with E-state index in [1.54, 1.807) is 56.5 Å². The molecule has 0 fully saturated rings. The first-order valence-electron chi connectivity index (χ1n) is 13.0. The van der Waals surface area contributed by atoms with Gasteiger partial charge in [0.1, 0.15) is 18.3 Å². The third-order valence-electron chi connectivity index (χ3n) is 6.34. The Bertz CT molecular complexity index is 1410. The summed E-state index contributed by atoms with van der Waals surface area (Å²) in [5.74, 6) is -0.0332. The van der Waals surface area contributed by atoms with Crippen molar-refractivity contribution in [2.75, 3.05) is 24.5 Å². The van der Waals surface area contributed by atoms with E-state index in [4.69, 9.17) is 16.3 Å². The highest BCUT2D eigenvalue weighted by atomic mass is 35.5. The summed E-state index contributed by atoms with van der Waals surface area (Å²) in [6.45, 7) is 7.49. The molecular weight excluding hydrogens is 550 g/mol. The molecule has 0 aromatic heterocycles. The van der Waals surface area contributed by atoms with Gasteiger partial charge in [-0.25, -0.2) is 8.42 Å². The fourth-order valence-corrected chi connectivity index (χ4v) is 5.52. The topological polar surface area (TPSA) is 96.0 Å². The lowest BCUT2D eigenvalue weighted by Crippen LogP contribution is -2.51. The highest BCUT2D eigenvalue weighted by Gasteiger charge is 2.32. The summed E-state index contributed by atoms with van der Waals surface area (Å²) >= 11 is 5.99. The Morgan fingerprint density at radius 3 is 2.23 bits per heavy atom. The van der Waals surface area contributed by atoms with E-state index in [1.807, 2.05) is 26.8 Å². The van der Waals surface area contributed by atoms with Crippen LogP contribution in [0.1, 0.15) is 31.9 Å². The number of aryl methyl sites for hydroxylation is 1. The maximum atomic E-state index is 14.0. The predicted octanol–water partition coefficient (Wildman–Crippen LogP) is 5.04. The zero-order chi connectivity index (χ0) is 29.4. The van der Waals surface area contributed by atoms with Crippen molar-refractivity contribution >= 4 is 39.1 Å². The van der Waals surface area contributed by atoms with Crippen LogP contribution < -0.4 is 14.4 Å². The van der Waals surface area contributed by atoms with Gasteiger partial charge in [0.15, 0.2) is 0 Å². The molecule has 1 N–H and O–H groups in total. The molecule has 3 aromatic rings. The summed E-state index contributed by atoms with van der Waals surface area (Å²) < 4.78 is 34.0. The van der Waals surface area contributed by atoms with Gasteiger partial charge < -0.3 is 15.0 Å². The van der Waals surface area contributed by atoms with Crippen LogP contribution in [0.3, 0.4) is 0 Å². The van der Waals surface area contributed by atoms with Gasteiger partial charge in [0.2, 0.25) is 11.8 Å². The van der Waals surface area contributed by atoms with Crippen LogP contribution in [-0.4, -0.2) is 51.4 Å². The van der Waals surface area contributed by atoms with Gasteiger partial charge in [0, 0.05) is 18.1 Å². The average molecular weight is 586 g/mol. The van der Waals surface area contributed by atoms with Crippen molar-refractivity contribution in [2.24, 2.45) is 5.92 Å². The number of carbonyl (C=O) groups is 2. The van der Waals surface area contributed by atoms with Crippen LogP contribution in [0, 0.1) is 12.8 Å². The highest BCUT2D eigenvalue weighted by molar-refractivity contribution is 7.92. The number of nitrogens with one attached hydrogen (secondary N) is 1. The first-order chi connectivity index (χ1) is 18.9. The molecule has 0 spiro atoms. The quantitative estimate of drug-likeness (QED) is 0.321. The van der Waals surface area contributed by atoms with E-state index in [0.29, 0.717) is 23.0 Å². The monoisotopic (exact) mass is 585 g/mol. The first-order valence-corrected chi connectivity index (χ1v) is 14.8. The molecule has 1 atom stereocenters. The Morgan fingerprint density at radius 1 is 0.975 bits per heavy atom. The number of carbonyl (C=O) groups excluding carboxylic acids is 2. The molecule has 0 heterocycles. The lowest BCUT2D eigenvalue weighted by atomic mass is 10.1. The number of ether oxygens (including phenoxy) is 1. The molecule has 8 nitrogen and oxygen atoms in total. The summed E-state index contributed by atoms with van der Waals surface area (Å²) in [6, 6.07) is 19.0. The van der Waals surface area contributed by atoms with Crippen LogP contribution in [0.2, 0.25) is 5.02 Å². The number of anilines is 1. The standard InChI is InChI=1S/C30H36ClN3O5S/c1-21(2)18-32-30(36)23(4)33(19-24-7-6-8-27(17-24)39-5)29(35)20-34(26-13-9-22(3)10-14-26)40(37,38)28-15-11-25(31)12-16-28/h6-17,21,23H,18-20H2,1-5H3,(H,32,36)/t23-/m0/s1. The summed E-state index contributed by atoms with van der Waals surface area (Å²) in [6.07, 6.45) is 0. The zero-order valence-corrected chi connectivity index (χ0v) is 25.0. The average Bonchev–Trinajstić information content (AvgIpc) is 2.93. The second-order valence-electron chi connectivity index (χ2n) is 9.99. The molecule has 3 aromatic carbocycles. The van der Waals surface area contributed by atoms with Crippen LogP contribution in [0.4, 0.5) is 5.69 Å². The smallest absolute Gasteiger partial charge is 0.264 e. The molecule has 0 saturated carbocycles. The number of rotatable bonds is 12. The molecule has 0 aliphatic heterocycles. The molecule has 3 rings (SSSR count). The molecule has 214 valence electrons. The Kier molecular flexibility index (Phi) is 10.6. The van der Waals surface area contributed by atoms with Crippen LogP contribution in [0.25, 0.3) is 0 Å². The van der Waals surface area contributed by atoms with Crippen molar-refractivity contribution < 1.29 is 22.7 Å². The molecule has 40 heavy (non-hydrogen) atoms. The maximum Gasteiger partial charge on any atom is 0.264 e. The van der Waals surface area contributed by atoms with Gasteiger partial charge in [-0.1, -0.05) is 55.3 Å². The number of amides is 2. The molecule has 0 radical (unpaired) electrons. The zero-order valence-electron chi connectivity index (χ0n) is 23.4. The van der Waals surface area contributed by atoms with Crippen molar-refractivity contribution in [2.45, 2.75) is 45.2 Å². The third-order valence-corrected chi connectivity index (χ3v) is 8.38. The summed E-state index contributed by atoms with van der Waals surface area (Å²) in [7, 11) is -2.61. The highest BCUT2D eigenvalue weighted by Crippen LogP contribution is 2.26. The van der Waals surface area contributed by atoms with E-state index in [-0.39, 0.29) is 23.3 Å². The number of methoxy groups -OCH3 is 1. The van der Waals surface area contributed by atoms with Crippen molar-refractivity contribution in [3.8, 4) is 5.75 Å². The molecular formula is C30H36ClN3O5S. The summed E-state index contributed by atoms with van der Waals surface area (Å²) in [5.41, 5.74) is 2.00. The van der Waals surface area contributed by atoms with Gasteiger partial charge >= 0.3 is 0 Å². The first kappa shape index (κ1) is 31.0. The molecule has 0 aliphatic rings. The van der Waals surface area contributed by atoms with E-state index < -0.39 is 28.5 Å². The number of sulfonamides is 1. The van der Waals surface area contributed by atoms with Gasteiger partial charge in [-0.2, -0.15) is 0 Å². The van der Waals surface area contributed by atoms with Gasteiger partial charge in [0.25, 0.3) is 10.0 Å². The van der Waals surface area contributed by atoms with Crippen LogP contribution in [0.15, 0.2) is 77.7 Å². The van der Waals surface area contributed by atoms with Crippen molar-refractivity contribution in [3.05, 3.63) is 88.9 Å². The van der Waals surface area contributed by atoms with Crippen molar-refractivity contribution in [1.29, 1.82) is 0 Å². The lowest BCUT2D eigenvalue weighted by Gasteiger charge is -2.32. The number of hydrogen-bond donors (Lipinski definition) is 1. The molecule has 0 aliphatic carbocycles. The molecule has 0 bridgehead atoms. The van der Waals surface area contributed by atoms with E-state index in [9.17, 15) is 18.0 Å². The fraction of sp³-hybridized carbons (Fsp3) is 0.333. The third kappa shape index (κ3) is 7.99. The second kappa shape index (κ2) is 13.7. The predicted molar refractivity (Wildman–Crippen MR) is 158 cm³/mol. The fourth-order valence-electron chi connectivity index (χ4n) is 3.98. The normalized spacial score (nSPS) is 12.1. The summed E-state index contributed by atoms with van der Waals surface area (Å²) in [5, 5.41) is 3.27. The number of halogens is 1. The minimum Gasteiger partial charge on any atom is -0.497 e. The van der Waals surface area contributed by atoms with Crippen LogP contribution in [-0.2, 0) is 26.2 Å². The minimum absolute atomic E-state index is 0.00709. The molecule has 0 unspecified atom stereocenters. The van der Waals surface area contributed by atoms with Gasteiger partial charge in [-0.05, 0) is 73.9 Å². The largest absolute Gasteiger partial charge is 0.497 e. The van der Waals surface area contributed by atoms with E-state index in [0.717, 1.165) is 15.4 Å². The SMILES string of the molecule is COc1cccc(CN(C(=O)CN(c2ccc(C)cc2)S(=O)(=O)c2ccc(Cl)cc2)[C@@H](C)C(=O)NCC(C)C)c1. The molecule has 2 amide bonds. The Hall–Kier alpha value is -3.56. The lowest BCUT2D eigenvalue weighted by molar-refractivity contribution is -0.139. The number of benzene rings is 3. The maximum absolute atomic E-state index is 14.0. The van der Waals surface area contributed by atoms with Gasteiger partial charge in [-0.3, -0.25) is 13.9 Å².